The van der Waals surface area contributed by atoms with Crippen molar-refractivity contribution in [2.45, 2.75) is 65.2 Å². The number of hydrogen-bond acceptors (Lipinski definition) is 4. The predicted octanol–water partition coefficient (Wildman–Crippen LogP) is 1.39. The molecule has 2 rings (SSSR count). The fourth-order valence-corrected chi connectivity index (χ4v) is 5.10. The van der Waals surface area contributed by atoms with Gasteiger partial charge in [0.15, 0.2) is 9.84 Å². The second-order valence-corrected chi connectivity index (χ2v) is 9.10. The number of hydrogen-bond donors (Lipinski definition) is 1. The fraction of sp³-hybridized carbons (Fsp3) is 0.933. The molecule has 0 spiro atoms. The Balaban J connectivity index is 2.24. The van der Waals surface area contributed by atoms with Gasteiger partial charge in [-0.1, -0.05) is 34.1 Å². The highest BCUT2D eigenvalue weighted by molar-refractivity contribution is 7.91. The average molecular weight is 316 g/mol. The van der Waals surface area contributed by atoms with Crippen molar-refractivity contribution in [1.82, 2.24) is 10.2 Å². The minimum absolute atomic E-state index is 0.0465. The lowest BCUT2D eigenvalue weighted by molar-refractivity contribution is -0.133. The maximum atomic E-state index is 12.8. The largest absolute Gasteiger partial charge is 0.322 e. The Kier molecular flexibility index (Phi) is 4.98. The van der Waals surface area contributed by atoms with E-state index < -0.39 is 9.84 Å². The van der Waals surface area contributed by atoms with E-state index in [1.807, 2.05) is 4.90 Å². The molecule has 0 aromatic carbocycles. The van der Waals surface area contributed by atoms with Gasteiger partial charge in [-0.3, -0.25) is 10.1 Å². The first-order valence-electron chi connectivity index (χ1n) is 8.05. The molecule has 1 amide bonds. The quantitative estimate of drug-likeness (QED) is 0.851. The van der Waals surface area contributed by atoms with E-state index in [2.05, 4.69) is 33.0 Å². The zero-order chi connectivity index (χ0) is 15.8. The number of amides is 1. The highest BCUT2D eigenvalue weighted by Crippen LogP contribution is 2.29. The van der Waals surface area contributed by atoms with Crippen molar-refractivity contribution >= 4 is 15.7 Å². The summed E-state index contributed by atoms with van der Waals surface area (Å²) in [4.78, 5) is 14.6. The van der Waals surface area contributed by atoms with Gasteiger partial charge in [-0.2, -0.15) is 0 Å². The third kappa shape index (κ3) is 3.42. The molecule has 1 N–H and O–H groups in total. The lowest BCUT2D eigenvalue weighted by Gasteiger charge is -2.36. The molecule has 0 radical (unpaired) electrons. The first kappa shape index (κ1) is 16.7. The van der Waals surface area contributed by atoms with Crippen LogP contribution in [-0.4, -0.2) is 49.0 Å². The monoisotopic (exact) mass is 316 g/mol. The van der Waals surface area contributed by atoms with Gasteiger partial charge in [0.1, 0.15) is 0 Å². The molecule has 0 aromatic heterocycles. The fourth-order valence-electron chi connectivity index (χ4n) is 3.42. The van der Waals surface area contributed by atoms with Crippen LogP contribution in [0.4, 0.5) is 0 Å². The molecular formula is C15H28N2O3S. The van der Waals surface area contributed by atoms with Gasteiger partial charge in [-0.05, 0) is 24.7 Å². The topological polar surface area (TPSA) is 66.5 Å². The Labute approximate surface area is 128 Å². The van der Waals surface area contributed by atoms with Gasteiger partial charge in [-0.15, -0.1) is 0 Å². The number of carbonyl (C=O) groups is 1. The first-order chi connectivity index (χ1) is 9.76. The number of sulfone groups is 1. The standard InChI is InChI=1S/C15H28N2O3S/c1-5-11(4)13-15(18)17(14(16-13)10(2)3)12-7-6-8-21(19,20)9-12/h10-14,16H,5-9H2,1-4H3. The van der Waals surface area contributed by atoms with Crippen LogP contribution in [0.2, 0.25) is 0 Å². The summed E-state index contributed by atoms with van der Waals surface area (Å²) in [5.41, 5.74) is 0. The number of nitrogens with zero attached hydrogens (tertiary/aromatic N) is 1. The van der Waals surface area contributed by atoms with Crippen LogP contribution in [0, 0.1) is 11.8 Å². The molecule has 2 heterocycles. The number of carbonyl (C=O) groups excluding carboxylic acids is 1. The van der Waals surface area contributed by atoms with Gasteiger partial charge in [0.25, 0.3) is 0 Å². The molecule has 5 nitrogen and oxygen atoms in total. The molecule has 2 aliphatic rings. The maximum Gasteiger partial charge on any atom is 0.241 e. The summed E-state index contributed by atoms with van der Waals surface area (Å²) in [6.45, 7) is 8.31. The Bertz CT molecular complexity index is 489. The van der Waals surface area contributed by atoms with Gasteiger partial charge in [0, 0.05) is 6.04 Å². The zero-order valence-corrected chi connectivity index (χ0v) is 14.3. The molecular weight excluding hydrogens is 288 g/mol. The second-order valence-electron chi connectivity index (χ2n) is 6.87. The van der Waals surface area contributed by atoms with E-state index in [9.17, 15) is 13.2 Å². The smallest absolute Gasteiger partial charge is 0.241 e. The first-order valence-corrected chi connectivity index (χ1v) is 9.87. The molecule has 2 aliphatic heterocycles. The average Bonchev–Trinajstić information content (AvgIpc) is 2.74. The van der Waals surface area contributed by atoms with Crippen molar-refractivity contribution in [2.24, 2.45) is 11.8 Å². The summed E-state index contributed by atoms with van der Waals surface area (Å²) in [6.07, 6.45) is 2.35. The van der Waals surface area contributed by atoms with Crippen molar-refractivity contribution in [2.75, 3.05) is 11.5 Å². The van der Waals surface area contributed by atoms with E-state index in [0.29, 0.717) is 6.42 Å². The van der Waals surface area contributed by atoms with Crippen LogP contribution in [0.25, 0.3) is 0 Å². The summed E-state index contributed by atoms with van der Waals surface area (Å²) in [5, 5.41) is 3.45. The molecule has 122 valence electrons. The second kappa shape index (κ2) is 6.24. The highest BCUT2D eigenvalue weighted by Gasteiger charge is 2.46. The molecule has 4 atom stereocenters. The van der Waals surface area contributed by atoms with Gasteiger partial charge >= 0.3 is 0 Å². The summed E-state index contributed by atoms with van der Waals surface area (Å²) in [7, 11) is -3.01. The van der Waals surface area contributed by atoms with Gasteiger partial charge in [0.2, 0.25) is 5.91 Å². The minimum Gasteiger partial charge on any atom is -0.322 e. The Morgan fingerprint density at radius 1 is 1.33 bits per heavy atom. The van der Waals surface area contributed by atoms with Crippen molar-refractivity contribution in [3.05, 3.63) is 0 Å². The number of nitrogens with one attached hydrogen (secondary N) is 1. The van der Waals surface area contributed by atoms with E-state index >= 15 is 0 Å². The third-order valence-corrected chi connectivity index (χ3v) is 6.65. The van der Waals surface area contributed by atoms with Gasteiger partial charge in [0.05, 0.1) is 23.7 Å². The van der Waals surface area contributed by atoms with Crippen LogP contribution < -0.4 is 5.32 Å². The van der Waals surface area contributed by atoms with Gasteiger partial charge < -0.3 is 4.90 Å². The molecule has 2 saturated heterocycles. The Morgan fingerprint density at radius 2 is 2.00 bits per heavy atom. The van der Waals surface area contributed by atoms with Gasteiger partial charge in [-0.25, -0.2) is 8.42 Å². The van der Waals surface area contributed by atoms with Crippen LogP contribution >= 0.6 is 0 Å². The molecule has 0 bridgehead atoms. The molecule has 2 fully saturated rings. The van der Waals surface area contributed by atoms with Crippen LogP contribution in [0.5, 0.6) is 0 Å². The lowest BCUT2D eigenvalue weighted by atomic mass is 9.99. The summed E-state index contributed by atoms with van der Waals surface area (Å²) in [5.74, 6) is 1.01. The molecule has 0 saturated carbocycles. The SMILES string of the molecule is CCC(C)C1NC(C(C)C)N(C2CCCS(=O)(=O)C2)C1=O. The highest BCUT2D eigenvalue weighted by atomic mass is 32.2. The summed E-state index contributed by atoms with van der Waals surface area (Å²) in [6, 6.07) is -0.336. The summed E-state index contributed by atoms with van der Waals surface area (Å²) >= 11 is 0. The van der Waals surface area contributed by atoms with Crippen molar-refractivity contribution in [3.8, 4) is 0 Å². The van der Waals surface area contributed by atoms with Crippen LogP contribution in [0.15, 0.2) is 0 Å². The van der Waals surface area contributed by atoms with E-state index in [0.717, 1.165) is 12.8 Å². The third-order valence-electron chi connectivity index (χ3n) is 4.85. The maximum absolute atomic E-state index is 12.8. The Morgan fingerprint density at radius 3 is 2.52 bits per heavy atom. The van der Waals surface area contributed by atoms with E-state index in [4.69, 9.17) is 0 Å². The van der Waals surface area contributed by atoms with Crippen LogP contribution in [0.3, 0.4) is 0 Å². The van der Waals surface area contributed by atoms with E-state index in [-0.39, 0.29) is 47.5 Å². The van der Waals surface area contributed by atoms with Crippen LogP contribution in [-0.2, 0) is 14.6 Å². The molecule has 0 aromatic rings. The molecule has 4 unspecified atom stereocenters. The summed E-state index contributed by atoms with van der Waals surface area (Å²) < 4.78 is 23.8. The lowest BCUT2D eigenvalue weighted by Crippen LogP contribution is -2.51. The normalized spacial score (nSPS) is 34.4. The zero-order valence-electron chi connectivity index (χ0n) is 13.5. The van der Waals surface area contributed by atoms with E-state index in [1.165, 1.54) is 0 Å². The van der Waals surface area contributed by atoms with Crippen molar-refractivity contribution in [1.29, 1.82) is 0 Å². The Hall–Kier alpha value is -0.620. The van der Waals surface area contributed by atoms with Crippen LogP contribution in [0.1, 0.15) is 47.0 Å². The van der Waals surface area contributed by atoms with Crippen molar-refractivity contribution < 1.29 is 13.2 Å². The van der Waals surface area contributed by atoms with Crippen molar-refractivity contribution in [3.63, 3.8) is 0 Å². The number of rotatable bonds is 4. The molecule has 21 heavy (non-hydrogen) atoms. The molecule has 0 aliphatic carbocycles. The minimum atomic E-state index is -3.01. The predicted molar refractivity (Wildman–Crippen MR) is 83.5 cm³/mol. The molecule has 6 heteroatoms. The van der Waals surface area contributed by atoms with E-state index in [1.54, 1.807) is 0 Å².